The lowest BCUT2D eigenvalue weighted by molar-refractivity contribution is -0.133. The van der Waals surface area contributed by atoms with Gasteiger partial charge in [-0.1, -0.05) is 12.1 Å². The highest BCUT2D eigenvalue weighted by Gasteiger charge is 2.15. The number of carbonyl (C=O) groups excluding carboxylic acids is 2. The molecule has 7 nitrogen and oxygen atoms in total. The molecule has 0 bridgehead atoms. The number of hydrogen-bond donors (Lipinski definition) is 2. The maximum Gasteiger partial charge on any atom is 0.279 e. The Morgan fingerprint density at radius 3 is 2.33 bits per heavy atom. The van der Waals surface area contributed by atoms with Crippen molar-refractivity contribution in [3.63, 3.8) is 0 Å². The van der Waals surface area contributed by atoms with Gasteiger partial charge in [-0.2, -0.15) is 0 Å². The topological polar surface area (TPSA) is 85.9 Å². The minimum Gasteiger partial charge on any atom is -0.494 e. The Balaban J connectivity index is 1.72. The van der Waals surface area contributed by atoms with Crippen LogP contribution >= 0.6 is 0 Å². The fourth-order valence-electron chi connectivity index (χ4n) is 2.16. The van der Waals surface area contributed by atoms with Crippen molar-refractivity contribution in [3.8, 4) is 17.2 Å². The third-order valence-electron chi connectivity index (χ3n) is 3.50. The average molecular weight is 372 g/mol. The summed E-state index contributed by atoms with van der Waals surface area (Å²) in [5, 5.41) is 0. The fraction of sp³-hybridized carbons (Fsp3) is 0.300. The van der Waals surface area contributed by atoms with Crippen LogP contribution in [0.4, 0.5) is 0 Å². The van der Waals surface area contributed by atoms with Crippen LogP contribution in [0, 0.1) is 6.92 Å². The van der Waals surface area contributed by atoms with Crippen molar-refractivity contribution in [3.05, 3.63) is 54.1 Å². The molecule has 0 spiro atoms. The molecule has 0 aliphatic heterocycles. The second kappa shape index (κ2) is 10.1. The Labute approximate surface area is 158 Å². The van der Waals surface area contributed by atoms with Gasteiger partial charge in [0, 0.05) is 0 Å². The van der Waals surface area contributed by atoms with E-state index in [0.29, 0.717) is 18.1 Å². The summed E-state index contributed by atoms with van der Waals surface area (Å²) in [6, 6.07) is 14.3. The summed E-state index contributed by atoms with van der Waals surface area (Å²) >= 11 is 0. The summed E-state index contributed by atoms with van der Waals surface area (Å²) in [6.07, 6.45) is -0.791. The first-order valence-electron chi connectivity index (χ1n) is 8.65. The Hall–Kier alpha value is -3.22. The molecule has 0 saturated carbocycles. The number of ether oxygens (including phenoxy) is 3. The van der Waals surface area contributed by atoms with Crippen molar-refractivity contribution in [2.75, 3.05) is 13.2 Å². The lowest BCUT2D eigenvalue weighted by Gasteiger charge is -2.15. The summed E-state index contributed by atoms with van der Waals surface area (Å²) in [6.45, 7) is 5.78. The molecule has 2 amide bonds. The monoisotopic (exact) mass is 372 g/mol. The number of hydrazine groups is 1. The number of amides is 2. The van der Waals surface area contributed by atoms with Gasteiger partial charge in [0.1, 0.15) is 17.2 Å². The highest BCUT2D eigenvalue weighted by Crippen LogP contribution is 2.18. The highest BCUT2D eigenvalue weighted by molar-refractivity contribution is 5.85. The second-order valence-electron chi connectivity index (χ2n) is 5.81. The van der Waals surface area contributed by atoms with E-state index in [0.717, 1.165) is 11.3 Å². The Morgan fingerprint density at radius 1 is 0.963 bits per heavy atom. The maximum absolute atomic E-state index is 12.0. The van der Waals surface area contributed by atoms with Crippen molar-refractivity contribution in [2.45, 2.75) is 26.9 Å². The van der Waals surface area contributed by atoms with Crippen LogP contribution in [-0.4, -0.2) is 31.1 Å². The highest BCUT2D eigenvalue weighted by atomic mass is 16.5. The molecule has 2 rings (SSSR count). The molecule has 0 radical (unpaired) electrons. The third kappa shape index (κ3) is 6.89. The zero-order valence-corrected chi connectivity index (χ0v) is 15.7. The normalized spacial score (nSPS) is 11.2. The lowest BCUT2D eigenvalue weighted by Crippen LogP contribution is -2.48. The van der Waals surface area contributed by atoms with Crippen molar-refractivity contribution in [1.29, 1.82) is 0 Å². The molecule has 7 heteroatoms. The van der Waals surface area contributed by atoms with E-state index in [1.54, 1.807) is 37.3 Å². The van der Waals surface area contributed by atoms with E-state index in [4.69, 9.17) is 14.2 Å². The Kier molecular flexibility index (Phi) is 7.49. The van der Waals surface area contributed by atoms with Crippen LogP contribution in [0.5, 0.6) is 17.2 Å². The fourth-order valence-corrected chi connectivity index (χ4v) is 2.16. The van der Waals surface area contributed by atoms with Gasteiger partial charge >= 0.3 is 0 Å². The van der Waals surface area contributed by atoms with Crippen LogP contribution in [0.2, 0.25) is 0 Å². The predicted molar refractivity (Wildman–Crippen MR) is 101 cm³/mol. The third-order valence-corrected chi connectivity index (χ3v) is 3.50. The minimum absolute atomic E-state index is 0.210. The van der Waals surface area contributed by atoms with E-state index in [2.05, 4.69) is 10.9 Å². The molecule has 1 atom stereocenters. The summed E-state index contributed by atoms with van der Waals surface area (Å²) in [7, 11) is 0. The number of rotatable bonds is 8. The van der Waals surface area contributed by atoms with Gasteiger partial charge in [0.15, 0.2) is 12.7 Å². The first kappa shape index (κ1) is 20.1. The molecule has 27 heavy (non-hydrogen) atoms. The smallest absolute Gasteiger partial charge is 0.279 e. The quantitative estimate of drug-likeness (QED) is 0.695. The maximum atomic E-state index is 12.0. The van der Waals surface area contributed by atoms with Crippen LogP contribution in [-0.2, 0) is 9.59 Å². The van der Waals surface area contributed by atoms with Crippen LogP contribution in [0.25, 0.3) is 0 Å². The molecule has 2 aromatic carbocycles. The molecule has 144 valence electrons. The number of carbonyl (C=O) groups is 2. The van der Waals surface area contributed by atoms with E-state index in [9.17, 15) is 9.59 Å². The predicted octanol–water partition coefficient (Wildman–Crippen LogP) is 2.39. The van der Waals surface area contributed by atoms with Crippen LogP contribution in [0.15, 0.2) is 48.5 Å². The van der Waals surface area contributed by atoms with E-state index in [1.165, 1.54) is 0 Å². The lowest BCUT2D eigenvalue weighted by atomic mass is 10.2. The molecule has 2 aromatic rings. The number of benzene rings is 2. The molecule has 1 unspecified atom stereocenters. The number of nitrogens with one attached hydrogen (secondary N) is 2. The molecule has 2 N–H and O–H groups in total. The van der Waals surface area contributed by atoms with Crippen LogP contribution in [0.1, 0.15) is 19.4 Å². The molecule has 0 heterocycles. The van der Waals surface area contributed by atoms with Gasteiger partial charge in [-0.25, -0.2) is 0 Å². The van der Waals surface area contributed by atoms with Crippen molar-refractivity contribution in [1.82, 2.24) is 10.9 Å². The molecule has 0 aromatic heterocycles. The molecular formula is C20H24N2O5. The van der Waals surface area contributed by atoms with Gasteiger partial charge < -0.3 is 14.2 Å². The van der Waals surface area contributed by atoms with Crippen molar-refractivity contribution in [2.24, 2.45) is 0 Å². The van der Waals surface area contributed by atoms with Gasteiger partial charge in [-0.3, -0.25) is 20.4 Å². The average Bonchev–Trinajstić information content (AvgIpc) is 2.66. The summed E-state index contributed by atoms with van der Waals surface area (Å²) in [4.78, 5) is 23.8. The van der Waals surface area contributed by atoms with E-state index in [-0.39, 0.29) is 6.61 Å². The summed E-state index contributed by atoms with van der Waals surface area (Å²) < 4.78 is 16.2. The second-order valence-corrected chi connectivity index (χ2v) is 5.81. The molecule has 0 fully saturated rings. The first-order valence-corrected chi connectivity index (χ1v) is 8.65. The first-order chi connectivity index (χ1) is 13.0. The van der Waals surface area contributed by atoms with Gasteiger partial charge in [0.05, 0.1) is 6.61 Å². The molecule has 0 aliphatic rings. The Bertz CT molecular complexity index is 761. The van der Waals surface area contributed by atoms with E-state index >= 15 is 0 Å². The van der Waals surface area contributed by atoms with Crippen LogP contribution < -0.4 is 25.1 Å². The summed E-state index contributed by atoms with van der Waals surface area (Å²) in [5.41, 5.74) is 5.64. The van der Waals surface area contributed by atoms with Gasteiger partial charge in [0.2, 0.25) is 0 Å². The van der Waals surface area contributed by atoms with E-state index < -0.39 is 17.9 Å². The Morgan fingerprint density at radius 2 is 1.67 bits per heavy atom. The molecule has 0 saturated heterocycles. The SMILES string of the molecule is CCOc1ccc(OC(C)C(=O)NNC(=O)COc2cccc(C)c2)cc1. The molecular weight excluding hydrogens is 348 g/mol. The van der Waals surface area contributed by atoms with Crippen molar-refractivity contribution >= 4 is 11.8 Å². The number of aryl methyl sites for hydroxylation is 1. The molecule has 0 aliphatic carbocycles. The summed E-state index contributed by atoms with van der Waals surface area (Å²) in [5.74, 6) is 0.882. The van der Waals surface area contributed by atoms with Crippen molar-refractivity contribution < 1.29 is 23.8 Å². The zero-order chi connectivity index (χ0) is 19.6. The van der Waals surface area contributed by atoms with Crippen LogP contribution in [0.3, 0.4) is 0 Å². The van der Waals surface area contributed by atoms with Gasteiger partial charge in [-0.15, -0.1) is 0 Å². The zero-order valence-electron chi connectivity index (χ0n) is 15.7. The van der Waals surface area contributed by atoms with Gasteiger partial charge in [0.25, 0.3) is 11.8 Å². The van der Waals surface area contributed by atoms with E-state index in [1.807, 2.05) is 32.0 Å². The minimum atomic E-state index is -0.791. The van der Waals surface area contributed by atoms with Gasteiger partial charge in [-0.05, 0) is 62.7 Å². The standard InChI is InChI=1S/C20H24N2O5/c1-4-25-16-8-10-17(11-9-16)27-15(3)20(24)22-21-19(23)13-26-18-7-5-6-14(2)12-18/h5-12,15H,4,13H2,1-3H3,(H,21,23)(H,22,24). The number of hydrogen-bond acceptors (Lipinski definition) is 5. The largest absolute Gasteiger partial charge is 0.494 e.